The molecule has 2 fully saturated rings. The number of hydrogen-bond acceptors (Lipinski definition) is 4. The van der Waals surface area contributed by atoms with Crippen LogP contribution in [-0.2, 0) is 23.3 Å². The molecule has 28 heavy (non-hydrogen) atoms. The normalized spacial score (nSPS) is 19.4. The van der Waals surface area contributed by atoms with Gasteiger partial charge in [-0.15, -0.1) is 0 Å². The van der Waals surface area contributed by atoms with Crippen LogP contribution < -0.4 is 10.5 Å². The lowest BCUT2D eigenvalue weighted by atomic mass is 9.63. The van der Waals surface area contributed by atoms with Crippen LogP contribution in [0.3, 0.4) is 0 Å². The van der Waals surface area contributed by atoms with Crippen LogP contribution in [0, 0.1) is 5.41 Å². The van der Waals surface area contributed by atoms with E-state index in [1.54, 1.807) is 23.7 Å². The van der Waals surface area contributed by atoms with E-state index in [2.05, 4.69) is 4.90 Å². The quantitative estimate of drug-likeness (QED) is 0.800. The molecule has 146 valence electrons. The maximum atomic E-state index is 12.5. The number of sulfone groups is 1. The number of pyridine rings is 1. The molecule has 2 aliphatic carbocycles. The summed E-state index contributed by atoms with van der Waals surface area (Å²) < 4.78 is 26.0. The van der Waals surface area contributed by atoms with Crippen LogP contribution in [0.4, 0.5) is 5.69 Å². The predicted octanol–water partition coefficient (Wildman–Crippen LogP) is 3.02. The van der Waals surface area contributed by atoms with Crippen LogP contribution in [0.15, 0.2) is 40.2 Å². The fourth-order valence-electron chi connectivity index (χ4n) is 4.87. The highest BCUT2D eigenvalue weighted by molar-refractivity contribution is 7.90. The number of anilines is 1. The van der Waals surface area contributed by atoms with Crippen molar-refractivity contribution in [1.29, 1.82) is 0 Å². The number of aryl methyl sites for hydroxylation is 1. The topological polar surface area (TPSA) is 59.4 Å². The van der Waals surface area contributed by atoms with Gasteiger partial charge < -0.3 is 9.47 Å². The highest BCUT2D eigenvalue weighted by atomic mass is 32.2. The van der Waals surface area contributed by atoms with Crippen molar-refractivity contribution in [3.63, 3.8) is 0 Å². The van der Waals surface area contributed by atoms with E-state index >= 15 is 0 Å². The van der Waals surface area contributed by atoms with E-state index in [0.29, 0.717) is 16.7 Å². The standard InChI is InChI=1S/C22H24N2O3S/c1-23-12-19(16-5-3-6-17(16)21(23)25)18-11-15(28(2,26)27)7-8-20(18)24-13-22(14-24)9-4-10-22/h3,5,7-8,11-12H,4,6,9-10,13-14H2,1-2H3. The fourth-order valence-corrected chi connectivity index (χ4v) is 5.52. The van der Waals surface area contributed by atoms with Crippen LogP contribution in [-0.4, -0.2) is 32.3 Å². The number of fused-ring (bicyclic) bond motifs is 1. The molecule has 1 aliphatic heterocycles. The first-order valence-corrected chi connectivity index (χ1v) is 11.7. The Morgan fingerprint density at radius 2 is 1.86 bits per heavy atom. The van der Waals surface area contributed by atoms with Gasteiger partial charge in [0.15, 0.2) is 9.84 Å². The minimum Gasteiger partial charge on any atom is -0.370 e. The average molecular weight is 397 g/mol. The first kappa shape index (κ1) is 17.7. The maximum absolute atomic E-state index is 12.5. The van der Waals surface area contributed by atoms with Crippen molar-refractivity contribution in [2.24, 2.45) is 12.5 Å². The molecule has 0 amide bonds. The molecule has 0 radical (unpaired) electrons. The van der Waals surface area contributed by atoms with E-state index in [9.17, 15) is 13.2 Å². The molecule has 5 rings (SSSR count). The van der Waals surface area contributed by atoms with E-state index in [4.69, 9.17) is 0 Å². The average Bonchev–Trinajstić information content (AvgIpc) is 3.05. The fraction of sp³-hybridized carbons (Fsp3) is 0.409. The van der Waals surface area contributed by atoms with Gasteiger partial charge in [0.05, 0.1) is 4.90 Å². The van der Waals surface area contributed by atoms with Gasteiger partial charge in [-0.1, -0.05) is 18.6 Å². The largest absolute Gasteiger partial charge is 0.370 e. The van der Waals surface area contributed by atoms with E-state index in [0.717, 1.165) is 41.0 Å². The van der Waals surface area contributed by atoms with Gasteiger partial charge in [-0.25, -0.2) is 8.42 Å². The number of benzene rings is 1. The third-order valence-corrected chi connectivity index (χ3v) is 7.73. The van der Waals surface area contributed by atoms with Crippen molar-refractivity contribution in [3.8, 4) is 11.1 Å². The van der Waals surface area contributed by atoms with Crippen LogP contribution in [0.2, 0.25) is 0 Å². The Bertz CT molecular complexity index is 1180. The van der Waals surface area contributed by atoms with Gasteiger partial charge in [-0.05, 0) is 43.0 Å². The monoisotopic (exact) mass is 396 g/mol. The predicted molar refractivity (Wildman–Crippen MR) is 111 cm³/mol. The highest BCUT2D eigenvalue weighted by Gasteiger charge is 2.47. The molecule has 0 N–H and O–H groups in total. The molecule has 5 nitrogen and oxygen atoms in total. The molecule has 0 atom stereocenters. The summed E-state index contributed by atoms with van der Waals surface area (Å²) in [6.45, 7) is 2.06. The molecule has 1 saturated carbocycles. The van der Waals surface area contributed by atoms with Gasteiger partial charge in [0.2, 0.25) is 0 Å². The molecule has 3 aliphatic rings. The van der Waals surface area contributed by atoms with Crippen molar-refractivity contribution in [2.75, 3.05) is 24.2 Å². The van der Waals surface area contributed by atoms with Crippen molar-refractivity contribution in [2.45, 2.75) is 30.6 Å². The van der Waals surface area contributed by atoms with Gasteiger partial charge in [0.25, 0.3) is 5.56 Å². The Morgan fingerprint density at radius 1 is 1.11 bits per heavy atom. The minimum atomic E-state index is -3.32. The summed E-state index contributed by atoms with van der Waals surface area (Å²) in [4.78, 5) is 15.2. The van der Waals surface area contributed by atoms with E-state index in [1.807, 2.05) is 24.4 Å². The van der Waals surface area contributed by atoms with Crippen LogP contribution in [0.1, 0.15) is 30.4 Å². The zero-order valence-corrected chi connectivity index (χ0v) is 17.1. The highest BCUT2D eigenvalue weighted by Crippen LogP contribution is 2.51. The lowest BCUT2D eigenvalue weighted by molar-refractivity contribution is 0.0905. The van der Waals surface area contributed by atoms with Gasteiger partial charge in [-0.3, -0.25) is 4.79 Å². The zero-order chi connectivity index (χ0) is 19.7. The minimum absolute atomic E-state index is 0.0157. The summed E-state index contributed by atoms with van der Waals surface area (Å²) >= 11 is 0. The summed E-state index contributed by atoms with van der Waals surface area (Å²) in [6.07, 6.45) is 11.6. The molecular formula is C22H24N2O3S. The zero-order valence-electron chi connectivity index (χ0n) is 16.2. The second-order valence-corrected chi connectivity index (χ2v) is 10.6. The summed E-state index contributed by atoms with van der Waals surface area (Å²) in [5.41, 5.74) is 5.09. The Morgan fingerprint density at radius 3 is 2.50 bits per heavy atom. The number of rotatable bonds is 3. The molecule has 6 heteroatoms. The number of aromatic nitrogens is 1. The Balaban J connectivity index is 1.69. The molecule has 1 aromatic heterocycles. The SMILES string of the molecule is Cn1cc(-c2cc(S(C)(=O)=O)ccc2N2CC3(CCC3)C2)c2c(c1=O)CC=C2. The van der Waals surface area contributed by atoms with E-state index in [-0.39, 0.29) is 5.56 Å². The van der Waals surface area contributed by atoms with E-state index < -0.39 is 9.84 Å². The van der Waals surface area contributed by atoms with E-state index in [1.165, 1.54) is 25.5 Å². The smallest absolute Gasteiger partial charge is 0.254 e. The number of nitrogens with zero attached hydrogens (tertiary/aromatic N) is 2. The summed E-state index contributed by atoms with van der Waals surface area (Å²) in [6, 6.07) is 5.42. The molecule has 0 bridgehead atoms. The molecule has 0 unspecified atom stereocenters. The van der Waals surface area contributed by atoms with Crippen molar-refractivity contribution < 1.29 is 8.42 Å². The maximum Gasteiger partial charge on any atom is 0.254 e. The van der Waals surface area contributed by atoms with Gasteiger partial charge in [-0.2, -0.15) is 0 Å². The molecule has 1 spiro atoms. The summed E-state index contributed by atoms with van der Waals surface area (Å²) in [7, 11) is -1.56. The Kier molecular flexibility index (Phi) is 3.69. The second kappa shape index (κ2) is 5.83. The van der Waals surface area contributed by atoms with Crippen LogP contribution in [0.25, 0.3) is 17.2 Å². The third-order valence-electron chi connectivity index (χ3n) is 6.62. The van der Waals surface area contributed by atoms with Crippen LogP contribution >= 0.6 is 0 Å². The first-order valence-electron chi connectivity index (χ1n) is 9.76. The Hall–Kier alpha value is -2.34. The lowest BCUT2D eigenvalue weighted by Crippen LogP contribution is -2.60. The number of allylic oxidation sites excluding steroid dienone is 1. The third kappa shape index (κ3) is 2.58. The van der Waals surface area contributed by atoms with Crippen LogP contribution in [0.5, 0.6) is 0 Å². The van der Waals surface area contributed by atoms with Gasteiger partial charge >= 0.3 is 0 Å². The van der Waals surface area contributed by atoms with Crippen molar-refractivity contribution >= 4 is 21.6 Å². The lowest BCUT2D eigenvalue weighted by Gasteiger charge is -2.57. The first-order chi connectivity index (χ1) is 13.3. The van der Waals surface area contributed by atoms with Crippen molar-refractivity contribution in [3.05, 3.63) is 52.0 Å². The molecule has 1 aromatic carbocycles. The van der Waals surface area contributed by atoms with Crippen molar-refractivity contribution in [1.82, 2.24) is 4.57 Å². The molecule has 2 heterocycles. The molecular weight excluding hydrogens is 372 g/mol. The second-order valence-electron chi connectivity index (χ2n) is 8.62. The Labute approximate surface area is 165 Å². The number of hydrogen-bond donors (Lipinski definition) is 0. The molecule has 1 saturated heterocycles. The molecule has 2 aromatic rings. The van der Waals surface area contributed by atoms with Gasteiger partial charge in [0.1, 0.15) is 0 Å². The summed E-state index contributed by atoms with van der Waals surface area (Å²) in [5.74, 6) is 0. The summed E-state index contributed by atoms with van der Waals surface area (Å²) in [5, 5.41) is 0. The van der Waals surface area contributed by atoms with Gasteiger partial charge in [0, 0.05) is 60.4 Å².